The van der Waals surface area contributed by atoms with Crippen LogP contribution in [-0.2, 0) is 15.0 Å². The first-order chi connectivity index (χ1) is 13.3. The lowest BCUT2D eigenvalue weighted by molar-refractivity contribution is -0.143. The number of ether oxygens (including phenoxy) is 1. The Balaban J connectivity index is 1.41. The first-order valence-corrected chi connectivity index (χ1v) is 11.3. The maximum atomic E-state index is 13.2. The molecule has 3 atom stereocenters. The summed E-state index contributed by atoms with van der Waals surface area (Å²) in [5.74, 6) is -0.391. The number of piperazine rings is 1. The fourth-order valence-electron chi connectivity index (χ4n) is 4.34. The van der Waals surface area contributed by atoms with Crippen molar-refractivity contribution >= 4 is 27.8 Å². The molecule has 2 bridgehead atoms. The molecular formula is C18H24ClN3O5S. The number of carboxylic acid groups (broad SMARTS) is 1. The van der Waals surface area contributed by atoms with Crippen LogP contribution in [0.4, 0.5) is 0 Å². The van der Waals surface area contributed by atoms with E-state index >= 15 is 0 Å². The lowest BCUT2D eigenvalue weighted by atomic mass is 10.1. The average molecular weight is 430 g/mol. The van der Waals surface area contributed by atoms with Crippen molar-refractivity contribution in [1.29, 1.82) is 0 Å². The van der Waals surface area contributed by atoms with Gasteiger partial charge in [0, 0.05) is 36.7 Å². The number of piperidine rings is 1. The highest BCUT2D eigenvalue weighted by Gasteiger charge is 2.50. The molecule has 3 aliphatic heterocycles. The van der Waals surface area contributed by atoms with Gasteiger partial charge in [0.2, 0.25) is 0 Å². The second-order valence-electron chi connectivity index (χ2n) is 7.58. The van der Waals surface area contributed by atoms with Crippen LogP contribution in [0, 0.1) is 0 Å². The summed E-state index contributed by atoms with van der Waals surface area (Å²) in [6.45, 7) is 0.829. The minimum Gasteiger partial charge on any atom is -0.490 e. The van der Waals surface area contributed by atoms with Crippen molar-refractivity contribution < 1.29 is 23.1 Å². The van der Waals surface area contributed by atoms with Crippen LogP contribution in [0.25, 0.3) is 0 Å². The summed E-state index contributed by atoms with van der Waals surface area (Å²) in [6.07, 6.45) is 2.52. The van der Waals surface area contributed by atoms with Crippen LogP contribution in [0.2, 0.25) is 5.02 Å². The molecule has 10 heteroatoms. The van der Waals surface area contributed by atoms with E-state index in [1.54, 1.807) is 24.3 Å². The molecule has 0 saturated carbocycles. The number of carbonyl (C=O) groups is 1. The van der Waals surface area contributed by atoms with E-state index in [4.69, 9.17) is 16.3 Å². The second kappa shape index (κ2) is 7.79. The lowest BCUT2D eigenvalue weighted by Gasteiger charge is -2.41. The molecule has 0 spiro atoms. The SMILES string of the molecule is O=C(O)C1C2CCC(CN1S(=O)(=O)N1CCC(Oc3ccc(Cl)cc3)CC1)N2. The number of fused-ring (bicyclic) bond motifs is 2. The molecule has 2 N–H and O–H groups in total. The van der Waals surface area contributed by atoms with Gasteiger partial charge in [0.25, 0.3) is 10.2 Å². The van der Waals surface area contributed by atoms with Gasteiger partial charge in [-0.15, -0.1) is 0 Å². The van der Waals surface area contributed by atoms with E-state index in [-0.39, 0.29) is 24.7 Å². The smallest absolute Gasteiger partial charge is 0.323 e. The third-order valence-corrected chi connectivity index (χ3v) is 8.00. The summed E-state index contributed by atoms with van der Waals surface area (Å²) in [6, 6.07) is 5.74. The molecule has 4 rings (SSSR count). The molecule has 1 aromatic rings. The highest BCUT2D eigenvalue weighted by atomic mass is 35.5. The largest absolute Gasteiger partial charge is 0.490 e. The fourth-order valence-corrected chi connectivity index (χ4v) is 6.33. The summed E-state index contributed by atoms with van der Waals surface area (Å²) in [5.41, 5.74) is 0. The predicted octanol–water partition coefficient (Wildman–Crippen LogP) is 1.32. The maximum Gasteiger partial charge on any atom is 0.323 e. The quantitative estimate of drug-likeness (QED) is 0.732. The van der Waals surface area contributed by atoms with E-state index < -0.39 is 22.2 Å². The minimum absolute atomic E-state index is 0.0288. The summed E-state index contributed by atoms with van der Waals surface area (Å²) in [7, 11) is -3.83. The third-order valence-electron chi connectivity index (χ3n) is 5.76. The minimum atomic E-state index is -3.83. The number of aliphatic carboxylic acids is 1. The van der Waals surface area contributed by atoms with E-state index in [2.05, 4.69) is 5.32 Å². The van der Waals surface area contributed by atoms with Gasteiger partial charge in [0.05, 0.1) is 0 Å². The number of rotatable bonds is 5. The molecule has 8 nitrogen and oxygen atoms in total. The van der Waals surface area contributed by atoms with Crippen LogP contribution in [0.15, 0.2) is 24.3 Å². The molecule has 3 fully saturated rings. The predicted molar refractivity (Wildman–Crippen MR) is 104 cm³/mol. The van der Waals surface area contributed by atoms with Crippen LogP contribution in [0.1, 0.15) is 25.7 Å². The molecule has 3 heterocycles. The van der Waals surface area contributed by atoms with Crippen LogP contribution in [0.3, 0.4) is 0 Å². The Morgan fingerprint density at radius 2 is 1.82 bits per heavy atom. The molecule has 28 heavy (non-hydrogen) atoms. The second-order valence-corrected chi connectivity index (χ2v) is 9.90. The third kappa shape index (κ3) is 3.86. The van der Waals surface area contributed by atoms with Crippen LogP contribution in [-0.4, -0.2) is 72.0 Å². The standard InChI is InChI=1S/C18H24ClN3O5S/c19-12-1-4-14(5-2-12)27-15-7-9-21(10-8-15)28(25,26)22-11-13-3-6-16(20-13)17(22)18(23)24/h1-2,4-5,13,15-17,20H,3,6-11H2,(H,23,24). The lowest BCUT2D eigenvalue weighted by Crippen LogP contribution is -2.65. The molecule has 3 aliphatic rings. The van der Waals surface area contributed by atoms with E-state index in [0.29, 0.717) is 43.1 Å². The van der Waals surface area contributed by atoms with Crippen molar-refractivity contribution in [1.82, 2.24) is 13.9 Å². The van der Waals surface area contributed by atoms with Gasteiger partial charge in [-0.3, -0.25) is 4.79 Å². The van der Waals surface area contributed by atoms with Crippen LogP contribution >= 0.6 is 11.6 Å². The van der Waals surface area contributed by atoms with Gasteiger partial charge in [0.1, 0.15) is 17.9 Å². The number of nitrogens with one attached hydrogen (secondary N) is 1. The molecule has 0 amide bonds. The Bertz CT molecular complexity index is 826. The Labute approximate surface area is 169 Å². The summed E-state index contributed by atoms with van der Waals surface area (Å²) < 4.78 is 34.9. The van der Waals surface area contributed by atoms with Crippen molar-refractivity contribution in [2.45, 2.75) is 49.9 Å². The monoisotopic (exact) mass is 429 g/mol. The summed E-state index contributed by atoms with van der Waals surface area (Å²) >= 11 is 5.88. The van der Waals surface area contributed by atoms with E-state index in [1.165, 1.54) is 8.61 Å². The van der Waals surface area contributed by atoms with Crippen molar-refractivity contribution in [3.05, 3.63) is 29.3 Å². The zero-order valence-corrected chi connectivity index (χ0v) is 16.9. The van der Waals surface area contributed by atoms with E-state index in [0.717, 1.165) is 6.42 Å². The summed E-state index contributed by atoms with van der Waals surface area (Å²) in [4.78, 5) is 11.8. The Hall–Kier alpha value is -1.39. The Morgan fingerprint density at radius 1 is 1.14 bits per heavy atom. The molecule has 0 aliphatic carbocycles. The molecular weight excluding hydrogens is 406 g/mol. The number of benzene rings is 1. The Kier molecular flexibility index (Phi) is 5.54. The highest BCUT2D eigenvalue weighted by molar-refractivity contribution is 7.86. The molecule has 3 unspecified atom stereocenters. The summed E-state index contributed by atoms with van der Waals surface area (Å²) in [5, 5.41) is 13.5. The zero-order valence-electron chi connectivity index (χ0n) is 15.3. The first kappa shape index (κ1) is 19.9. The molecule has 3 saturated heterocycles. The van der Waals surface area contributed by atoms with E-state index in [1.807, 2.05) is 0 Å². The van der Waals surface area contributed by atoms with Gasteiger partial charge in [0.15, 0.2) is 0 Å². The van der Waals surface area contributed by atoms with Gasteiger partial charge in [-0.1, -0.05) is 11.6 Å². The van der Waals surface area contributed by atoms with Gasteiger partial charge in [-0.2, -0.15) is 17.0 Å². The van der Waals surface area contributed by atoms with Crippen molar-refractivity contribution in [3.8, 4) is 5.75 Å². The number of nitrogens with zero attached hydrogens (tertiary/aromatic N) is 2. The molecule has 154 valence electrons. The number of halogens is 1. The first-order valence-electron chi connectivity index (χ1n) is 9.52. The maximum absolute atomic E-state index is 13.2. The Morgan fingerprint density at radius 3 is 2.46 bits per heavy atom. The normalized spacial score (nSPS) is 29.7. The van der Waals surface area contributed by atoms with Gasteiger partial charge < -0.3 is 15.2 Å². The van der Waals surface area contributed by atoms with Gasteiger partial charge in [-0.25, -0.2) is 0 Å². The molecule has 1 aromatic carbocycles. The van der Waals surface area contributed by atoms with Crippen LogP contribution < -0.4 is 10.1 Å². The number of hydrogen-bond acceptors (Lipinski definition) is 5. The zero-order chi connectivity index (χ0) is 19.9. The van der Waals surface area contributed by atoms with Crippen LogP contribution in [0.5, 0.6) is 5.75 Å². The number of hydrogen-bond donors (Lipinski definition) is 2. The fraction of sp³-hybridized carbons (Fsp3) is 0.611. The van der Waals surface area contributed by atoms with Crippen molar-refractivity contribution in [3.63, 3.8) is 0 Å². The average Bonchev–Trinajstić information content (AvgIpc) is 3.04. The molecule has 0 aromatic heterocycles. The van der Waals surface area contributed by atoms with E-state index in [9.17, 15) is 18.3 Å². The van der Waals surface area contributed by atoms with Gasteiger partial charge in [-0.05, 0) is 49.9 Å². The van der Waals surface area contributed by atoms with Crippen molar-refractivity contribution in [2.75, 3.05) is 19.6 Å². The molecule has 0 radical (unpaired) electrons. The number of carboxylic acids is 1. The van der Waals surface area contributed by atoms with Gasteiger partial charge >= 0.3 is 5.97 Å². The highest BCUT2D eigenvalue weighted by Crippen LogP contribution is 2.30. The topological polar surface area (TPSA) is 99.2 Å². The van der Waals surface area contributed by atoms with Crippen molar-refractivity contribution in [2.24, 2.45) is 0 Å².